The molecule has 3 aromatic rings. The quantitative estimate of drug-likeness (QED) is 0.367. The number of rotatable bonds is 7. The SMILES string of the molecule is CC(C)c1ccccc1N1CCN(CCC2CC(c3ccccc3)(c3ccccc3)C(=O)O2)CC1.Cl. The number of carbonyl (C=O) groups is 1. The molecular formula is C31H37ClN2O2. The van der Waals surface area contributed by atoms with Gasteiger partial charge in [-0.15, -0.1) is 12.4 Å². The second kappa shape index (κ2) is 11.5. The Kier molecular flexibility index (Phi) is 8.38. The molecule has 0 bridgehead atoms. The van der Waals surface area contributed by atoms with Crippen LogP contribution in [-0.2, 0) is 14.9 Å². The summed E-state index contributed by atoms with van der Waals surface area (Å²) in [7, 11) is 0. The van der Waals surface area contributed by atoms with Crippen LogP contribution in [-0.4, -0.2) is 49.7 Å². The lowest BCUT2D eigenvalue weighted by Gasteiger charge is -2.37. The minimum Gasteiger partial charge on any atom is -0.461 e. The molecule has 0 aliphatic carbocycles. The van der Waals surface area contributed by atoms with Crippen molar-refractivity contribution < 1.29 is 9.53 Å². The zero-order chi connectivity index (χ0) is 24.3. The summed E-state index contributed by atoms with van der Waals surface area (Å²) in [5.41, 5.74) is 4.14. The van der Waals surface area contributed by atoms with Gasteiger partial charge in [-0.3, -0.25) is 9.69 Å². The summed E-state index contributed by atoms with van der Waals surface area (Å²) in [6, 6.07) is 29.1. The molecule has 2 aliphatic heterocycles. The highest BCUT2D eigenvalue weighted by Crippen LogP contribution is 2.44. The Bertz CT molecular complexity index is 1090. The maximum absolute atomic E-state index is 13.4. The molecule has 2 heterocycles. The van der Waals surface area contributed by atoms with Crippen molar-refractivity contribution in [2.24, 2.45) is 0 Å². The van der Waals surface area contributed by atoms with Crippen LogP contribution in [0.3, 0.4) is 0 Å². The van der Waals surface area contributed by atoms with Crippen LogP contribution < -0.4 is 4.90 Å². The number of nitrogens with zero attached hydrogens (tertiary/aromatic N) is 2. The standard InChI is InChI=1S/C31H36N2O2.ClH/c1-24(2)28-15-9-10-16-29(28)33-21-19-32(20-22-33)18-17-27-23-31(30(34)35-27,25-11-5-3-6-12-25)26-13-7-4-8-14-26;/h3-16,24,27H,17-23H2,1-2H3;1H. The van der Waals surface area contributed by atoms with E-state index < -0.39 is 5.41 Å². The van der Waals surface area contributed by atoms with Crippen molar-refractivity contribution in [3.63, 3.8) is 0 Å². The number of benzene rings is 3. The molecule has 0 radical (unpaired) electrons. The van der Waals surface area contributed by atoms with Gasteiger partial charge in [0.2, 0.25) is 0 Å². The second-order valence-electron chi connectivity index (χ2n) is 10.2. The van der Waals surface area contributed by atoms with E-state index in [1.165, 1.54) is 11.3 Å². The number of halogens is 1. The fourth-order valence-electron chi connectivity index (χ4n) is 5.77. The van der Waals surface area contributed by atoms with E-state index >= 15 is 0 Å². The third-order valence-corrected chi connectivity index (χ3v) is 7.73. The van der Waals surface area contributed by atoms with Gasteiger partial charge in [-0.25, -0.2) is 0 Å². The first-order chi connectivity index (χ1) is 17.1. The van der Waals surface area contributed by atoms with E-state index in [0.717, 1.165) is 50.3 Å². The molecule has 2 aliphatic rings. The van der Waals surface area contributed by atoms with Crippen molar-refractivity contribution in [3.05, 3.63) is 102 Å². The largest absolute Gasteiger partial charge is 0.461 e. The number of ether oxygens (including phenoxy) is 1. The smallest absolute Gasteiger partial charge is 0.321 e. The number of hydrogen-bond acceptors (Lipinski definition) is 4. The van der Waals surface area contributed by atoms with E-state index in [1.807, 2.05) is 36.4 Å². The number of cyclic esters (lactones) is 1. The van der Waals surface area contributed by atoms with Crippen LogP contribution in [0.5, 0.6) is 0 Å². The lowest BCUT2D eigenvalue weighted by molar-refractivity contribution is -0.144. The van der Waals surface area contributed by atoms with Gasteiger partial charge in [0.25, 0.3) is 0 Å². The van der Waals surface area contributed by atoms with Crippen molar-refractivity contribution in [3.8, 4) is 0 Å². The van der Waals surface area contributed by atoms with Crippen LogP contribution in [0.15, 0.2) is 84.9 Å². The molecule has 0 spiro atoms. The number of esters is 1. The molecule has 1 unspecified atom stereocenters. The van der Waals surface area contributed by atoms with E-state index in [4.69, 9.17) is 4.74 Å². The topological polar surface area (TPSA) is 32.8 Å². The van der Waals surface area contributed by atoms with Crippen molar-refractivity contribution in [2.75, 3.05) is 37.6 Å². The molecule has 0 amide bonds. The first kappa shape index (κ1) is 26.2. The Morgan fingerprint density at radius 3 is 1.97 bits per heavy atom. The van der Waals surface area contributed by atoms with Gasteiger partial charge in [-0.1, -0.05) is 92.7 Å². The Balaban J connectivity index is 0.00000304. The van der Waals surface area contributed by atoms with Gasteiger partial charge >= 0.3 is 5.97 Å². The Labute approximate surface area is 221 Å². The van der Waals surface area contributed by atoms with E-state index in [1.54, 1.807) is 0 Å². The molecule has 0 N–H and O–H groups in total. The molecule has 36 heavy (non-hydrogen) atoms. The maximum Gasteiger partial charge on any atom is 0.321 e. The van der Waals surface area contributed by atoms with Gasteiger partial charge in [0.1, 0.15) is 11.5 Å². The summed E-state index contributed by atoms with van der Waals surface area (Å²) in [6.07, 6.45) is 1.50. The molecular weight excluding hydrogens is 468 g/mol. The van der Waals surface area contributed by atoms with Crippen LogP contribution in [0.25, 0.3) is 0 Å². The summed E-state index contributed by atoms with van der Waals surface area (Å²) >= 11 is 0. The zero-order valence-corrected chi connectivity index (χ0v) is 22.1. The first-order valence-corrected chi connectivity index (χ1v) is 13.0. The van der Waals surface area contributed by atoms with E-state index in [0.29, 0.717) is 12.3 Å². The van der Waals surface area contributed by atoms with Gasteiger partial charge in [0.15, 0.2) is 0 Å². The normalized spacial score (nSPS) is 19.7. The van der Waals surface area contributed by atoms with Crippen LogP contribution in [0.2, 0.25) is 0 Å². The van der Waals surface area contributed by atoms with Gasteiger partial charge < -0.3 is 9.64 Å². The van der Waals surface area contributed by atoms with Crippen molar-refractivity contribution in [1.82, 2.24) is 4.90 Å². The number of hydrogen-bond donors (Lipinski definition) is 0. The highest BCUT2D eigenvalue weighted by molar-refractivity contribution is 5.89. The average Bonchev–Trinajstić information content (AvgIpc) is 3.25. The second-order valence-corrected chi connectivity index (χ2v) is 10.2. The van der Waals surface area contributed by atoms with Crippen LogP contribution >= 0.6 is 12.4 Å². The summed E-state index contributed by atoms with van der Waals surface area (Å²) < 4.78 is 6.03. The van der Waals surface area contributed by atoms with E-state index in [9.17, 15) is 4.79 Å². The van der Waals surface area contributed by atoms with Gasteiger partial charge in [0.05, 0.1) is 0 Å². The lowest BCUT2D eigenvalue weighted by atomic mass is 9.72. The number of piperazine rings is 1. The Morgan fingerprint density at radius 1 is 0.833 bits per heavy atom. The summed E-state index contributed by atoms with van der Waals surface area (Å²) in [6.45, 7) is 9.63. The van der Waals surface area contributed by atoms with Crippen LogP contribution in [0, 0.1) is 0 Å². The number of anilines is 1. The molecule has 5 heteroatoms. The average molecular weight is 505 g/mol. The van der Waals surface area contributed by atoms with Crippen LogP contribution in [0.1, 0.15) is 49.3 Å². The van der Waals surface area contributed by atoms with E-state index in [2.05, 4.69) is 72.2 Å². The maximum atomic E-state index is 13.4. The Morgan fingerprint density at radius 2 is 1.39 bits per heavy atom. The third kappa shape index (κ3) is 5.16. The fourth-order valence-corrected chi connectivity index (χ4v) is 5.77. The molecule has 3 aromatic carbocycles. The third-order valence-electron chi connectivity index (χ3n) is 7.73. The Hall–Kier alpha value is -2.82. The minimum absolute atomic E-state index is 0. The predicted octanol–water partition coefficient (Wildman–Crippen LogP) is 6.05. The van der Waals surface area contributed by atoms with Crippen molar-refractivity contribution in [2.45, 2.75) is 44.1 Å². The van der Waals surface area contributed by atoms with Gasteiger partial charge in [-0.2, -0.15) is 0 Å². The van der Waals surface area contributed by atoms with Crippen LogP contribution in [0.4, 0.5) is 5.69 Å². The zero-order valence-electron chi connectivity index (χ0n) is 21.3. The summed E-state index contributed by atoms with van der Waals surface area (Å²) in [4.78, 5) is 18.4. The highest BCUT2D eigenvalue weighted by atomic mass is 35.5. The van der Waals surface area contributed by atoms with Crippen molar-refractivity contribution in [1.29, 1.82) is 0 Å². The molecule has 5 rings (SSSR count). The molecule has 190 valence electrons. The first-order valence-electron chi connectivity index (χ1n) is 13.0. The number of para-hydroxylation sites is 1. The summed E-state index contributed by atoms with van der Waals surface area (Å²) in [5, 5.41) is 0. The molecule has 1 atom stereocenters. The van der Waals surface area contributed by atoms with Gasteiger partial charge in [-0.05, 0) is 35.1 Å². The molecule has 4 nitrogen and oxygen atoms in total. The highest BCUT2D eigenvalue weighted by Gasteiger charge is 2.51. The fraction of sp³-hybridized carbons (Fsp3) is 0.387. The number of carbonyl (C=O) groups excluding carboxylic acids is 1. The predicted molar refractivity (Wildman–Crippen MR) is 149 cm³/mol. The van der Waals surface area contributed by atoms with E-state index in [-0.39, 0.29) is 24.5 Å². The van der Waals surface area contributed by atoms with Crippen molar-refractivity contribution >= 4 is 24.1 Å². The molecule has 2 fully saturated rings. The van der Waals surface area contributed by atoms with Gasteiger partial charge in [0, 0.05) is 44.8 Å². The molecule has 0 aromatic heterocycles. The lowest BCUT2D eigenvalue weighted by Crippen LogP contribution is -2.47. The summed E-state index contributed by atoms with van der Waals surface area (Å²) in [5.74, 6) is 0.408. The molecule has 0 saturated carbocycles. The monoisotopic (exact) mass is 504 g/mol. The molecule has 2 saturated heterocycles. The minimum atomic E-state index is -0.716.